The van der Waals surface area contributed by atoms with Gasteiger partial charge in [0.1, 0.15) is 5.82 Å². The van der Waals surface area contributed by atoms with Crippen LogP contribution in [0.25, 0.3) is 10.8 Å². The zero-order valence-corrected chi connectivity index (χ0v) is 17.8. The summed E-state index contributed by atoms with van der Waals surface area (Å²) in [5, 5.41) is 11.7. The molecular formula is C22H23N3O5S. The molecule has 1 aliphatic rings. The third-order valence-electron chi connectivity index (χ3n) is 5.63. The van der Waals surface area contributed by atoms with Crippen LogP contribution < -0.4 is 0 Å². The summed E-state index contributed by atoms with van der Waals surface area (Å²) in [4.78, 5) is 19.9. The molecule has 1 amide bonds. The summed E-state index contributed by atoms with van der Waals surface area (Å²) in [5.74, 6) is 0.188. The van der Waals surface area contributed by atoms with Crippen LogP contribution in [-0.2, 0) is 21.6 Å². The lowest BCUT2D eigenvalue weighted by molar-refractivity contribution is -0.0201. The van der Waals surface area contributed by atoms with E-state index in [2.05, 4.69) is 9.97 Å². The minimum absolute atomic E-state index is 0.0700. The molecule has 0 radical (unpaired) electrons. The van der Waals surface area contributed by atoms with Gasteiger partial charge < -0.3 is 19.7 Å². The van der Waals surface area contributed by atoms with E-state index in [-0.39, 0.29) is 23.7 Å². The highest BCUT2D eigenvalue weighted by Crippen LogP contribution is 2.31. The Balaban J connectivity index is 1.64. The third-order valence-corrected chi connectivity index (χ3v) is 6.30. The van der Waals surface area contributed by atoms with Crippen LogP contribution in [0.5, 0.6) is 0 Å². The number of amides is 1. The van der Waals surface area contributed by atoms with E-state index in [4.69, 9.17) is 4.74 Å². The minimum atomic E-state index is -2.47. The second kappa shape index (κ2) is 8.91. The van der Waals surface area contributed by atoms with E-state index in [9.17, 15) is 18.3 Å². The SMILES string of the molecule is Cc1ncc(C2CCN(C(=O)O)CC2OCc2ccc3ccccc3c2)c(=S(=O)=O)[nH]1. The highest BCUT2D eigenvalue weighted by atomic mass is 32.2. The Morgan fingerprint density at radius 2 is 2.03 bits per heavy atom. The largest absolute Gasteiger partial charge is 0.465 e. The summed E-state index contributed by atoms with van der Waals surface area (Å²) >= 11 is 0. The molecule has 31 heavy (non-hydrogen) atoms. The predicted octanol–water partition coefficient (Wildman–Crippen LogP) is 3.34. The maximum Gasteiger partial charge on any atom is 0.407 e. The molecule has 2 atom stereocenters. The van der Waals surface area contributed by atoms with Crippen molar-refractivity contribution < 1.29 is 23.1 Å². The highest BCUT2D eigenvalue weighted by molar-refractivity contribution is 7.63. The molecule has 162 valence electrons. The molecule has 2 aromatic carbocycles. The second-order valence-electron chi connectivity index (χ2n) is 7.64. The maximum absolute atomic E-state index is 11.8. The Labute approximate surface area is 180 Å². The van der Waals surface area contributed by atoms with Crippen molar-refractivity contribution in [2.45, 2.75) is 32.0 Å². The molecule has 9 heteroatoms. The Bertz CT molecular complexity index is 1290. The molecule has 0 spiro atoms. The summed E-state index contributed by atoms with van der Waals surface area (Å²) in [6.07, 6.45) is 0.470. The van der Waals surface area contributed by atoms with Crippen molar-refractivity contribution in [3.63, 3.8) is 0 Å². The number of aromatic amines is 1. The molecule has 8 nitrogen and oxygen atoms in total. The van der Waals surface area contributed by atoms with Crippen LogP contribution in [0.4, 0.5) is 4.79 Å². The molecule has 1 saturated heterocycles. The topological polar surface area (TPSA) is 113 Å². The first-order valence-corrected chi connectivity index (χ1v) is 11.0. The normalized spacial score (nSPS) is 18.8. The number of hydrogen-bond donors (Lipinski definition) is 2. The van der Waals surface area contributed by atoms with Crippen molar-refractivity contribution in [2.75, 3.05) is 13.1 Å². The van der Waals surface area contributed by atoms with Crippen molar-refractivity contribution in [1.29, 1.82) is 0 Å². The van der Waals surface area contributed by atoms with Crippen molar-refractivity contribution >= 4 is 27.2 Å². The van der Waals surface area contributed by atoms with Crippen LogP contribution in [-0.4, -0.2) is 53.7 Å². The van der Waals surface area contributed by atoms with Gasteiger partial charge >= 0.3 is 6.09 Å². The Morgan fingerprint density at radius 1 is 1.26 bits per heavy atom. The third kappa shape index (κ3) is 4.62. The average Bonchev–Trinajstić information content (AvgIpc) is 2.77. The molecule has 0 saturated carbocycles. The molecule has 1 aromatic heterocycles. The van der Waals surface area contributed by atoms with Gasteiger partial charge in [0.2, 0.25) is 10.3 Å². The fourth-order valence-electron chi connectivity index (χ4n) is 4.04. The molecule has 4 rings (SSSR count). The van der Waals surface area contributed by atoms with Crippen LogP contribution in [0, 0.1) is 11.6 Å². The van der Waals surface area contributed by atoms with Crippen LogP contribution >= 0.6 is 0 Å². The van der Waals surface area contributed by atoms with Gasteiger partial charge in [-0.2, -0.15) is 8.42 Å². The summed E-state index contributed by atoms with van der Waals surface area (Å²) in [6, 6.07) is 14.1. The number of piperidine rings is 1. The number of rotatable bonds is 4. The molecule has 2 N–H and O–H groups in total. The Hall–Kier alpha value is -3.17. The van der Waals surface area contributed by atoms with Gasteiger partial charge in [-0.25, -0.2) is 9.78 Å². The molecule has 2 unspecified atom stereocenters. The molecule has 2 heterocycles. The Kier molecular flexibility index (Phi) is 6.06. The lowest BCUT2D eigenvalue weighted by Gasteiger charge is -2.37. The van der Waals surface area contributed by atoms with E-state index in [1.54, 1.807) is 13.1 Å². The number of benzene rings is 2. The molecule has 1 fully saturated rings. The summed E-state index contributed by atoms with van der Waals surface area (Å²) in [7, 11) is -2.47. The molecule has 0 bridgehead atoms. The zero-order valence-electron chi connectivity index (χ0n) is 17.0. The van der Waals surface area contributed by atoms with Crippen LogP contribution in [0.15, 0.2) is 48.7 Å². The first kappa shape index (κ1) is 21.1. The van der Waals surface area contributed by atoms with Crippen molar-refractivity contribution in [1.82, 2.24) is 14.9 Å². The smallest absolute Gasteiger partial charge is 0.407 e. The van der Waals surface area contributed by atoms with E-state index in [1.165, 1.54) is 4.90 Å². The van der Waals surface area contributed by atoms with Gasteiger partial charge in [0, 0.05) is 24.2 Å². The summed E-state index contributed by atoms with van der Waals surface area (Å²) < 4.78 is 29.8. The van der Waals surface area contributed by atoms with Crippen molar-refractivity contribution in [3.8, 4) is 0 Å². The molecular weight excluding hydrogens is 418 g/mol. The van der Waals surface area contributed by atoms with Crippen molar-refractivity contribution in [2.24, 2.45) is 0 Å². The van der Waals surface area contributed by atoms with Gasteiger partial charge in [-0.05, 0) is 35.7 Å². The van der Waals surface area contributed by atoms with E-state index in [0.29, 0.717) is 24.4 Å². The Morgan fingerprint density at radius 3 is 2.77 bits per heavy atom. The van der Waals surface area contributed by atoms with E-state index < -0.39 is 22.5 Å². The number of nitrogens with zero attached hydrogens (tertiary/aromatic N) is 2. The molecule has 3 aromatic rings. The zero-order chi connectivity index (χ0) is 22.0. The standard InChI is InChI=1S/C22H23N3O5S/c1-14-23-11-19(21(24-14)31(28)29)18-8-9-25(22(26)27)12-20(18)30-13-15-6-7-16-4-2-3-5-17(16)10-15/h2-7,10-11,18,20H,8-9,12-13H2,1H3,(H,23,24)(H,26,27). The number of carboxylic acid groups (broad SMARTS) is 1. The van der Waals surface area contributed by atoms with E-state index in [0.717, 1.165) is 16.3 Å². The van der Waals surface area contributed by atoms with E-state index >= 15 is 0 Å². The molecule has 1 aliphatic heterocycles. The highest BCUT2D eigenvalue weighted by Gasteiger charge is 2.34. The number of aromatic nitrogens is 2. The maximum atomic E-state index is 11.8. The number of likely N-dealkylation sites (tertiary alicyclic amines) is 1. The quantitative estimate of drug-likeness (QED) is 0.601. The van der Waals surface area contributed by atoms with Crippen LogP contribution in [0.1, 0.15) is 29.3 Å². The van der Waals surface area contributed by atoms with Crippen LogP contribution in [0.3, 0.4) is 0 Å². The lowest BCUT2D eigenvalue weighted by atomic mass is 9.88. The van der Waals surface area contributed by atoms with Gasteiger partial charge in [0.15, 0.2) is 4.64 Å². The number of aryl methyl sites for hydroxylation is 1. The second-order valence-corrected chi connectivity index (χ2v) is 8.52. The monoisotopic (exact) mass is 441 g/mol. The number of fused-ring (bicyclic) bond motifs is 1. The van der Waals surface area contributed by atoms with Gasteiger partial charge in [-0.15, -0.1) is 0 Å². The first-order chi connectivity index (χ1) is 14.9. The minimum Gasteiger partial charge on any atom is -0.465 e. The van der Waals surface area contributed by atoms with Gasteiger partial charge in [-0.3, -0.25) is 0 Å². The molecule has 0 aliphatic carbocycles. The number of ether oxygens (including phenoxy) is 1. The number of hydrogen-bond acceptors (Lipinski definition) is 5. The fraction of sp³-hybridized carbons (Fsp3) is 0.318. The summed E-state index contributed by atoms with van der Waals surface area (Å²) in [6.45, 7) is 2.43. The number of carbonyl (C=O) groups is 1. The average molecular weight is 442 g/mol. The number of H-pyrrole nitrogens is 1. The van der Waals surface area contributed by atoms with Gasteiger partial charge in [-0.1, -0.05) is 36.4 Å². The predicted molar refractivity (Wildman–Crippen MR) is 115 cm³/mol. The first-order valence-electron chi connectivity index (χ1n) is 9.97. The lowest BCUT2D eigenvalue weighted by Crippen LogP contribution is -2.46. The van der Waals surface area contributed by atoms with Gasteiger partial charge in [0.25, 0.3) is 0 Å². The van der Waals surface area contributed by atoms with Gasteiger partial charge in [0.05, 0.1) is 19.3 Å². The van der Waals surface area contributed by atoms with Crippen molar-refractivity contribution in [3.05, 3.63) is 70.3 Å². The number of nitrogens with one attached hydrogen (secondary N) is 1. The fourth-order valence-corrected chi connectivity index (χ4v) is 4.67. The van der Waals surface area contributed by atoms with E-state index in [1.807, 2.05) is 42.5 Å². The van der Waals surface area contributed by atoms with Crippen LogP contribution in [0.2, 0.25) is 0 Å². The summed E-state index contributed by atoms with van der Waals surface area (Å²) in [5.41, 5.74) is 1.48.